The molecule has 0 aliphatic heterocycles. The molecule has 12 heavy (non-hydrogen) atoms. The maximum Gasteiger partial charge on any atom is 0.138 e. The minimum Gasteiger partial charge on any atom is -0.396 e. The molecule has 0 saturated heterocycles. The second-order valence-corrected chi connectivity index (χ2v) is 3.48. The summed E-state index contributed by atoms with van der Waals surface area (Å²) < 4.78 is 1.70. The van der Waals surface area contributed by atoms with Crippen molar-refractivity contribution in [1.82, 2.24) is 20.2 Å². The van der Waals surface area contributed by atoms with Crippen LogP contribution in [0.5, 0.6) is 0 Å². The van der Waals surface area contributed by atoms with Gasteiger partial charge in [0.05, 0.1) is 0 Å². The van der Waals surface area contributed by atoms with E-state index in [4.69, 9.17) is 5.11 Å². The number of aryl methyl sites for hydroxylation is 1. The highest BCUT2D eigenvalue weighted by molar-refractivity contribution is 4.91. The maximum absolute atomic E-state index is 9.02. The molecule has 0 unspecified atom stereocenters. The number of rotatable bonds is 4. The van der Waals surface area contributed by atoms with E-state index in [1.165, 1.54) is 0 Å². The lowest BCUT2D eigenvalue weighted by Crippen LogP contribution is -2.11. The van der Waals surface area contributed by atoms with Crippen molar-refractivity contribution in [3.8, 4) is 0 Å². The molecule has 0 radical (unpaired) electrons. The van der Waals surface area contributed by atoms with Gasteiger partial charge in [-0.15, -0.1) is 5.10 Å². The predicted octanol–water partition coefficient (Wildman–Crippen LogP) is -0.164. The average Bonchev–Trinajstić information content (AvgIpc) is 2.70. The first-order valence-electron chi connectivity index (χ1n) is 4.16. The lowest BCUT2D eigenvalue weighted by Gasteiger charge is -2.09. The maximum atomic E-state index is 9.02. The molecule has 1 N–H and O–H groups in total. The van der Waals surface area contributed by atoms with Crippen molar-refractivity contribution in [3.05, 3.63) is 6.33 Å². The van der Waals surface area contributed by atoms with Gasteiger partial charge in [-0.1, -0.05) is 0 Å². The average molecular weight is 168 g/mol. The van der Waals surface area contributed by atoms with Crippen molar-refractivity contribution in [2.24, 2.45) is 5.41 Å². The fourth-order valence-corrected chi connectivity index (χ4v) is 1.30. The number of nitrogens with zero attached hydrogens (tertiary/aromatic N) is 4. The first kappa shape index (κ1) is 7.67. The highest BCUT2D eigenvalue weighted by Crippen LogP contribution is 2.48. The third-order valence-electron chi connectivity index (χ3n) is 2.56. The van der Waals surface area contributed by atoms with Crippen LogP contribution in [0.2, 0.25) is 0 Å². The molecule has 5 nitrogen and oxygen atoms in total. The Morgan fingerprint density at radius 3 is 2.83 bits per heavy atom. The summed E-state index contributed by atoms with van der Waals surface area (Å²) in [6.07, 6.45) is 4.87. The number of aliphatic hydroxyl groups is 1. The van der Waals surface area contributed by atoms with Crippen LogP contribution in [0, 0.1) is 5.41 Å². The molecule has 1 aliphatic carbocycles. The Balaban J connectivity index is 1.83. The van der Waals surface area contributed by atoms with Crippen LogP contribution in [-0.2, 0) is 6.54 Å². The van der Waals surface area contributed by atoms with Crippen molar-refractivity contribution < 1.29 is 5.11 Å². The highest BCUT2D eigenvalue weighted by Gasteiger charge is 2.41. The Hall–Kier alpha value is -0.970. The zero-order valence-corrected chi connectivity index (χ0v) is 6.85. The van der Waals surface area contributed by atoms with E-state index >= 15 is 0 Å². The summed E-state index contributed by atoms with van der Waals surface area (Å²) in [6, 6.07) is 0. The van der Waals surface area contributed by atoms with Gasteiger partial charge in [-0.2, -0.15) is 0 Å². The van der Waals surface area contributed by atoms with Crippen LogP contribution in [0.25, 0.3) is 0 Å². The molecule has 1 aromatic heterocycles. The largest absolute Gasteiger partial charge is 0.396 e. The molecule has 0 amide bonds. The molecule has 1 heterocycles. The second-order valence-electron chi connectivity index (χ2n) is 3.48. The highest BCUT2D eigenvalue weighted by atomic mass is 16.3. The van der Waals surface area contributed by atoms with Crippen molar-refractivity contribution in [2.75, 3.05) is 6.61 Å². The van der Waals surface area contributed by atoms with Gasteiger partial charge in [-0.05, 0) is 35.1 Å². The van der Waals surface area contributed by atoms with Crippen LogP contribution in [0.1, 0.15) is 19.3 Å². The lowest BCUT2D eigenvalue weighted by molar-refractivity contribution is 0.196. The Morgan fingerprint density at radius 1 is 1.50 bits per heavy atom. The topological polar surface area (TPSA) is 63.8 Å². The second kappa shape index (κ2) is 2.82. The van der Waals surface area contributed by atoms with Crippen molar-refractivity contribution in [1.29, 1.82) is 0 Å². The lowest BCUT2D eigenvalue weighted by atomic mass is 10.0. The zero-order valence-electron chi connectivity index (χ0n) is 6.85. The van der Waals surface area contributed by atoms with E-state index in [1.807, 2.05) is 0 Å². The summed E-state index contributed by atoms with van der Waals surface area (Å²) in [7, 11) is 0. The monoisotopic (exact) mass is 168 g/mol. The van der Waals surface area contributed by atoms with Crippen LogP contribution in [0.4, 0.5) is 0 Å². The summed E-state index contributed by atoms with van der Waals surface area (Å²) in [6.45, 7) is 1.11. The molecular formula is C7H12N4O. The quantitative estimate of drug-likeness (QED) is 0.678. The van der Waals surface area contributed by atoms with Gasteiger partial charge < -0.3 is 5.11 Å². The molecule has 1 fully saturated rings. The van der Waals surface area contributed by atoms with E-state index < -0.39 is 0 Å². The SMILES string of the molecule is OCC1(CCn2cnnn2)CC1. The Bertz CT molecular complexity index is 242. The number of hydrogen-bond acceptors (Lipinski definition) is 4. The van der Waals surface area contributed by atoms with Gasteiger partial charge in [-0.3, -0.25) is 0 Å². The summed E-state index contributed by atoms with van der Waals surface area (Å²) in [5, 5.41) is 19.9. The number of tetrazole rings is 1. The van der Waals surface area contributed by atoms with Crippen LogP contribution in [-0.4, -0.2) is 31.9 Å². The fraction of sp³-hybridized carbons (Fsp3) is 0.857. The van der Waals surface area contributed by atoms with Crippen LogP contribution in [0.15, 0.2) is 6.33 Å². The summed E-state index contributed by atoms with van der Waals surface area (Å²) >= 11 is 0. The first-order valence-corrected chi connectivity index (χ1v) is 4.16. The third kappa shape index (κ3) is 1.45. The van der Waals surface area contributed by atoms with Crippen LogP contribution in [0.3, 0.4) is 0 Å². The van der Waals surface area contributed by atoms with Gasteiger partial charge in [0, 0.05) is 13.2 Å². The summed E-state index contributed by atoms with van der Waals surface area (Å²) in [5.74, 6) is 0. The molecule has 0 bridgehead atoms. The fourth-order valence-electron chi connectivity index (χ4n) is 1.30. The Labute approximate surface area is 70.4 Å². The summed E-state index contributed by atoms with van der Waals surface area (Å²) in [4.78, 5) is 0. The summed E-state index contributed by atoms with van der Waals surface area (Å²) in [5.41, 5.74) is 0.200. The molecule has 0 atom stereocenters. The Morgan fingerprint density at radius 2 is 2.33 bits per heavy atom. The Kier molecular flexibility index (Phi) is 1.80. The minimum atomic E-state index is 0.200. The predicted molar refractivity (Wildman–Crippen MR) is 41.2 cm³/mol. The van der Waals surface area contributed by atoms with E-state index in [2.05, 4.69) is 15.5 Å². The van der Waals surface area contributed by atoms with Crippen LogP contribution < -0.4 is 0 Å². The first-order chi connectivity index (χ1) is 5.85. The van der Waals surface area contributed by atoms with Crippen molar-refractivity contribution in [3.63, 3.8) is 0 Å². The van der Waals surface area contributed by atoms with Gasteiger partial charge in [0.1, 0.15) is 6.33 Å². The van der Waals surface area contributed by atoms with E-state index in [9.17, 15) is 0 Å². The molecule has 0 spiro atoms. The number of hydrogen-bond donors (Lipinski definition) is 1. The molecule has 66 valence electrons. The number of aromatic nitrogens is 4. The molecule has 1 saturated carbocycles. The van der Waals surface area contributed by atoms with E-state index in [0.717, 1.165) is 25.8 Å². The zero-order chi connectivity index (χ0) is 8.44. The third-order valence-corrected chi connectivity index (χ3v) is 2.56. The van der Waals surface area contributed by atoms with Gasteiger partial charge in [0.15, 0.2) is 0 Å². The van der Waals surface area contributed by atoms with E-state index in [-0.39, 0.29) is 5.41 Å². The van der Waals surface area contributed by atoms with Gasteiger partial charge in [0.25, 0.3) is 0 Å². The number of aliphatic hydroxyl groups excluding tert-OH is 1. The minimum absolute atomic E-state index is 0.200. The van der Waals surface area contributed by atoms with Crippen LogP contribution >= 0.6 is 0 Å². The molecule has 0 aromatic carbocycles. The van der Waals surface area contributed by atoms with Gasteiger partial charge in [-0.25, -0.2) is 4.68 Å². The molecular weight excluding hydrogens is 156 g/mol. The van der Waals surface area contributed by atoms with E-state index in [0.29, 0.717) is 6.61 Å². The molecule has 2 rings (SSSR count). The van der Waals surface area contributed by atoms with E-state index in [1.54, 1.807) is 11.0 Å². The smallest absolute Gasteiger partial charge is 0.138 e. The molecule has 5 heteroatoms. The van der Waals surface area contributed by atoms with Crippen molar-refractivity contribution >= 4 is 0 Å². The normalized spacial score (nSPS) is 19.4. The van der Waals surface area contributed by atoms with Crippen molar-refractivity contribution in [2.45, 2.75) is 25.8 Å². The standard InChI is InChI=1S/C7H12N4O/c12-5-7(1-2-7)3-4-11-6-8-9-10-11/h6,12H,1-5H2. The van der Waals surface area contributed by atoms with Gasteiger partial charge >= 0.3 is 0 Å². The molecule has 1 aromatic rings. The molecule has 1 aliphatic rings. The van der Waals surface area contributed by atoms with Gasteiger partial charge in [0.2, 0.25) is 0 Å².